The number of phenols is 1. The third-order valence-corrected chi connectivity index (χ3v) is 8.84. The Kier molecular flexibility index (Phi) is 6.84. The minimum absolute atomic E-state index is 0.0482. The molecular weight excluding hydrogens is 568 g/mol. The van der Waals surface area contributed by atoms with Crippen molar-refractivity contribution < 1.29 is 29.7 Å². The number of nitrogens with two attached hydrogens (primary N) is 1. The van der Waals surface area contributed by atoms with Gasteiger partial charge < -0.3 is 36.6 Å². The summed E-state index contributed by atoms with van der Waals surface area (Å²) < 4.78 is 0. The molecule has 3 aromatic carbocycles. The van der Waals surface area contributed by atoms with Crippen molar-refractivity contribution >= 4 is 68.4 Å². The highest BCUT2D eigenvalue weighted by Crippen LogP contribution is 2.52. The largest absolute Gasteiger partial charge is 0.511 e. The molecule has 10 nitrogen and oxygen atoms in total. The smallest absolute Gasteiger partial charge is 0.255 e. The molecule has 11 heteroatoms. The average molecular weight is 599 g/mol. The van der Waals surface area contributed by atoms with Crippen molar-refractivity contribution in [3.63, 3.8) is 0 Å². The van der Waals surface area contributed by atoms with E-state index in [4.69, 9.17) is 18.0 Å². The Bertz CT molecular complexity index is 1820. The van der Waals surface area contributed by atoms with Crippen LogP contribution >= 0.6 is 12.2 Å². The third kappa shape index (κ3) is 4.56. The second kappa shape index (κ2) is 10.4. The summed E-state index contributed by atoms with van der Waals surface area (Å²) in [6, 6.07) is 15.3. The maximum absolute atomic E-state index is 13.8. The lowest BCUT2D eigenvalue weighted by Crippen LogP contribution is -2.44. The standard InChI is InChI=1S/C32H30N4O6S/c1-36(2)21-13-20(35-32(43)34-19-9-5-7-14-6-3-4-8-17(14)19)27(38)25-18(21)11-15-10-16-12-22(37)26(31(33)42)30(41)24(16)28(39)23(15)29(25)40/h3-9,13,15-16,24,38,40-41H,10-12H2,1-2H3,(H2,33,42)(H2,34,35,43). The number of nitrogens with zero attached hydrogens (tertiary/aromatic N) is 1. The molecule has 1 amide bonds. The lowest BCUT2D eigenvalue weighted by atomic mass is 9.61. The van der Waals surface area contributed by atoms with Crippen LogP contribution in [0.25, 0.3) is 16.5 Å². The summed E-state index contributed by atoms with van der Waals surface area (Å²) in [6.45, 7) is 0. The van der Waals surface area contributed by atoms with Crippen molar-refractivity contribution in [1.29, 1.82) is 0 Å². The fourth-order valence-electron chi connectivity index (χ4n) is 6.79. The molecule has 0 aromatic heterocycles. The first-order valence-electron chi connectivity index (χ1n) is 13.8. The highest BCUT2D eigenvalue weighted by molar-refractivity contribution is 7.80. The second-order valence-corrected chi connectivity index (χ2v) is 11.8. The van der Waals surface area contributed by atoms with Gasteiger partial charge in [-0.2, -0.15) is 0 Å². The molecule has 7 N–H and O–H groups in total. The number of Topliss-reactive ketones (excluding diaryl/α,β-unsaturated/α-hetero) is 2. The fourth-order valence-corrected chi connectivity index (χ4v) is 7.01. The summed E-state index contributed by atoms with van der Waals surface area (Å²) in [5.41, 5.74) is 7.21. The van der Waals surface area contributed by atoms with Gasteiger partial charge in [-0.3, -0.25) is 14.4 Å². The van der Waals surface area contributed by atoms with Gasteiger partial charge >= 0.3 is 0 Å². The SMILES string of the molecule is CN(C)c1cc(NC(=S)Nc2cccc3ccccc23)c(O)c2c1CC1CC3CC(=O)C(C(N)=O)=C(O)C3C(=O)C1=C2O. The number of ketones is 2. The molecule has 3 aromatic rings. The van der Waals surface area contributed by atoms with Gasteiger partial charge in [0.05, 0.1) is 17.2 Å². The minimum atomic E-state index is -1.18. The number of aliphatic hydroxyl groups excluding tert-OH is 2. The van der Waals surface area contributed by atoms with E-state index in [0.717, 1.165) is 16.5 Å². The number of carbonyl (C=O) groups excluding carboxylic acids is 3. The maximum atomic E-state index is 13.8. The van der Waals surface area contributed by atoms with Gasteiger partial charge in [-0.15, -0.1) is 0 Å². The van der Waals surface area contributed by atoms with E-state index in [9.17, 15) is 29.7 Å². The van der Waals surface area contributed by atoms with Crippen molar-refractivity contribution in [2.75, 3.05) is 29.6 Å². The third-order valence-electron chi connectivity index (χ3n) is 8.63. The topological polar surface area (TPSA) is 165 Å². The number of primary amides is 1. The van der Waals surface area contributed by atoms with E-state index in [-0.39, 0.29) is 34.1 Å². The number of benzene rings is 3. The molecule has 0 radical (unpaired) electrons. The number of rotatable bonds is 4. The molecule has 3 atom stereocenters. The number of hydrogen-bond acceptors (Lipinski definition) is 8. The first-order valence-corrected chi connectivity index (χ1v) is 14.2. The van der Waals surface area contributed by atoms with Gasteiger partial charge in [-0.1, -0.05) is 36.4 Å². The average Bonchev–Trinajstić information content (AvgIpc) is 2.93. The summed E-state index contributed by atoms with van der Waals surface area (Å²) in [7, 11) is 3.66. The zero-order valence-corrected chi connectivity index (χ0v) is 24.3. The lowest BCUT2D eigenvalue weighted by molar-refractivity contribution is -0.127. The Morgan fingerprint density at radius 2 is 1.70 bits per heavy atom. The van der Waals surface area contributed by atoms with Crippen LogP contribution in [0.2, 0.25) is 0 Å². The van der Waals surface area contributed by atoms with E-state index in [1.807, 2.05) is 61.5 Å². The molecule has 1 saturated carbocycles. The van der Waals surface area contributed by atoms with Gasteiger partial charge in [0.15, 0.2) is 16.7 Å². The van der Waals surface area contributed by atoms with E-state index in [2.05, 4.69) is 10.6 Å². The van der Waals surface area contributed by atoms with Gasteiger partial charge in [-0.05, 0) is 60.0 Å². The van der Waals surface area contributed by atoms with E-state index < -0.39 is 52.3 Å². The van der Waals surface area contributed by atoms with Crippen molar-refractivity contribution in [3.05, 3.63) is 76.6 Å². The van der Waals surface area contributed by atoms with Crippen molar-refractivity contribution in [3.8, 4) is 5.75 Å². The van der Waals surface area contributed by atoms with E-state index in [0.29, 0.717) is 24.1 Å². The lowest BCUT2D eigenvalue weighted by Gasteiger charge is -2.41. The summed E-state index contributed by atoms with van der Waals surface area (Å²) in [4.78, 5) is 40.1. The molecule has 0 bridgehead atoms. The van der Waals surface area contributed by atoms with E-state index in [1.165, 1.54) is 0 Å². The molecule has 1 fully saturated rings. The van der Waals surface area contributed by atoms with Crippen molar-refractivity contribution in [2.24, 2.45) is 23.5 Å². The zero-order chi connectivity index (χ0) is 30.7. The Balaban J connectivity index is 1.40. The zero-order valence-electron chi connectivity index (χ0n) is 23.5. The quantitative estimate of drug-likeness (QED) is 0.145. The molecule has 0 heterocycles. The number of hydrogen-bond donors (Lipinski definition) is 6. The van der Waals surface area contributed by atoms with Crippen LogP contribution < -0.4 is 21.3 Å². The maximum Gasteiger partial charge on any atom is 0.255 e. The van der Waals surface area contributed by atoms with Crippen LogP contribution in [0, 0.1) is 17.8 Å². The Labute approximate surface area is 252 Å². The minimum Gasteiger partial charge on any atom is -0.511 e. The fraction of sp³-hybridized carbons (Fsp3) is 0.250. The molecule has 6 rings (SSSR count). The van der Waals surface area contributed by atoms with Gasteiger partial charge in [-0.25, -0.2) is 0 Å². The number of aromatic hydroxyl groups is 1. The normalized spacial score (nSPS) is 21.2. The molecule has 3 aliphatic rings. The molecule has 0 aliphatic heterocycles. The van der Waals surface area contributed by atoms with Crippen LogP contribution in [0.1, 0.15) is 24.0 Å². The van der Waals surface area contributed by atoms with Crippen molar-refractivity contribution in [1.82, 2.24) is 0 Å². The molecule has 0 spiro atoms. The van der Waals surface area contributed by atoms with Gasteiger partial charge in [0.1, 0.15) is 22.8 Å². The number of thiocarbonyl (C=S) groups is 1. The number of aliphatic hydroxyl groups is 2. The summed E-state index contributed by atoms with van der Waals surface area (Å²) in [5, 5.41) is 42.2. The number of nitrogens with one attached hydrogen (secondary N) is 2. The monoisotopic (exact) mass is 598 g/mol. The molecule has 0 saturated heterocycles. The molecule has 43 heavy (non-hydrogen) atoms. The van der Waals surface area contributed by atoms with Crippen LogP contribution in [0.15, 0.2) is 65.4 Å². The molecule has 220 valence electrons. The molecule has 3 aliphatic carbocycles. The molecular formula is C32H30N4O6S. The Morgan fingerprint density at radius 1 is 1.00 bits per heavy atom. The first-order chi connectivity index (χ1) is 20.5. The van der Waals surface area contributed by atoms with E-state index in [1.54, 1.807) is 6.07 Å². The van der Waals surface area contributed by atoms with Crippen molar-refractivity contribution in [2.45, 2.75) is 19.3 Å². The number of anilines is 3. The van der Waals surface area contributed by atoms with Crippen LogP contribution in [-0.2, 0) is 20.8 Å². The number of allylic oxidation sites excluding steroid dienone is 2. The van der Waals surface area contributed by atoms with Gasteiger partial charge in [0.2, 0.25) is 0 Å². The number of phenolic OH excluding ortho intramolecular Hbond substituents is 1. The number of amides is 1. The van der Waals surface area contributed by atoms with Gasteiger partial charge in [0.25, 0.3) is 5.91 Å². The summed E-state index contributed by atoms with van der Waals surface area (Å²) >= 11 is 5.59. The second-order valence-electron chi connectivity index (χ2n) is 11.4. The predicted octanol–water partition coefficient (Wildman–Crippen LogP) is 4.34. The first kappa shape index (κ1) is 28.2. The molecule has 3 unspecified atom stereocenters. The predicted molar refractivity (Wildman–Crippen MR) is 168 cm³/mol. The summed E-state index contributed by atoms with van der Waals surface area (Å²) in [5.74, 6) is -5.81. The number of carbonyl (C=O) groups is 3. The highest BCUT2D eigenvalue weighted by atomic mass is 32.1. The summed E-state index contributed by atoms with van der Waals surface area (Å²) in [6.07, 6.45) is 0.529. The highest BCUT2D eigenvalue weighted by Gasteiger charge is 2.51. The van der Waals surface area contributed by atoms with Crippen LogP contribution in [0.4, 0.5) is 17.1 Å². The Morgan fingerprint density at radius 3 is 2.42 bits per heavy atom. The van der Waals surface area contributed by atoms with Crippen LogP contribution in [0.5, 0.6) is 5.75 Å². The number of fused-ring (bicyclic) bond motifs is 4. The van der Waals surface area contributed by atoms with Crippen LogP contribution in [-0.4, -0.2) is 52.0 Å². The van der Waals surface area contributed by atoms with Gasteiger partial charge in [0, 0.05) is 42.9 Å². The Hall–Kier alpha value is -4.90. The van der Waals surface area contributed by atoms with E-state index >= 15 is 0 Å². The van der Waals surface area contributed by atoms with Crippen LogP contribution in [0.3, 0.4) is 0 Å².